The van der Waals surface area contributed by atoms with E-state index in [9.17, 15) is 8.42 Å². The zero-order chi connectivity index (χ0) is 16.7. The average Bonchev–Trinajstić information content (AvgIpc) is 2.91. The number of nitrogens with zero attached hydrogens (tertiary/aromatic N) is 1. The molecule has 0 aliphatic rings. The van der Waals surface area contributed by atoms with Crippen molar-refractivity contribution in [2.45, 2.75) is 31.1 Å². The quantitative estimate of drug-likeness (QED) is 0.770. The van der Waals surface area contributed by atoms with Crippen LogP contribution in [0, 0.1) is 0 Å². The molecule has 0 saturated heterocycles. The number of rotatable bonds is 3. The number of aromatic nitrogens is 2. The fourth-order valence-corrected chi connectivity index (χ4v) is 3.31. The Hall–Kier alpha value is -2.34. The molecule has 5 nitrogen and oxygen atoms in total. The molecule has 0 aliphatic carbocycles. The Kier molecular flexibility index (Phi) is 3.64. The molecule has 0 aliphatic heterocycles. The van der Waals surface area contributed by atoms with Crippen LogP contribution in [0.5, 0.6) is 0 Å². The van der Waals surface area contributed by atoms with E-state index in [4.69, 9.17) is 0 Å². The summed E-state index contributed by atoms with van der Waals surface area (Å²) in [5.74, 6) is 0.871. The summed E-state index contributed by atoms with van der Waals surface area (Å²) in [6.07, 6.45) is 0. The van der Waals surface area contributed by atoms with E-state index >= 15 is 0 Å². The van der Waals surface area contributed by atoms with Crippen LogP contribution < -0.4 is 4.72 Å². The smallest absolute Gasteiger partial charge is 0.261 e. The zero-order valence-corrected chi connectivity index (χ0v) is 14.1. The molecule has 3 aromatic rings. The lowest BCUT2D eigenvalue weighted by Crippen LogP contribution is -2.13. The lowest BCUT2D eigenvalue weighted by molar-refractivity contribution is 0.554. The molecule has 0 spiro atoms. The van der Waals surface area contributed by atoms with Crippen molar-refractivity contribution in [2.75, 3.05) is 4.72 Å². The number of aromatic amines is 1. The normalized spacial score (nSPS) is 12.5. The van der Waals surface area contributed by atoms with Gasteiger partial charge in [-0.15, -0.1) is 0 Å². The molecule has 2 N–H and O–H groups in total. The second-order valence-electron chi connectivity index (χ2n) is 6.49. The van der Waals surface area contributed by atoms with Crippen molar-refractivity contribution in [3.05, 3.63) is 54.4 Å². The van der Waals surface area contributed by atoms with Crippen LogP contribution in [0.15, 0.2) is 53.4 Å². The third-order valence-corrected chi connectivity index (χ3v) is 4.90. The standard InChI is InChI=1S/C17H19N3O2S/c1-17(2,3)16-18-14-10-9-12(11-15(14)19-16)20-23(21,22)13-7-5-4-6-8-13/h4-11,20H,1-3H3,(H,18,19). The highest BCUT2D eigenvalue weighted by atomic mass is 32.2. The van der Waals surface area contributed by atoms with E-state index in [1.165, 1.54) is 0 Å². The maximum atomic E-state index is 12.4. The van der Waals surface area contributed by atoms with E-state index < -0.39 is 10.0 Å². The summed E-state index contributed by atoms with van der Waals surface area (Å²) in [6, 6.07) is 13.6. The summed E-state index contributed by atoms with van der Waals surface area (Å²) in [5.41, 5.74) is 2.04. The number of H-pyrrole nitrogens is 1. The van der Waals surface area contributed by atoms with Crippen molar-refractivity contribution < 1.29 is 8.42 Å². The van der Waals surface area contributed by atoms with Crippen molar-refractivity contribution in [3.8, 4) is 0 Å². The first-order chi connectivity index (χ1) is 10.8. The van der Waals surface area contributed by atoms with Crippen LogP contribution in [0.4, 0.5) is 5.69 Å². The molecule has 2 aromatic carbocycles. The highest BCUT2D eigenvalue weighted by molar-refractivity contribution is 7.92. The number of imidazole rings is 1. The van der Waals surface area contributed by atoms with Gasteiger partial charge in [-0.3, -0.25) is 4.72 Å². The molecule has 0 saturated carbocycles. The molecule has 1 aromatic heterocycles. The minimum atomic E-state index is -3.59. The molecular weight excluding hydrogens is 310 g/mol. The summed E-state index contributed by atoms with van der Waals surface area (Å²) in [4.78, 5) is 8.04. The molecule has 0 unspecified atom stereocenters. The topological polar surface area (TPSA) is 74.8 Å². The van der Waals surface area contributed by atoms with Crippen LogP contribution in [-0.2, 0) is 15.4 Å². The molecule has 1 heterocycles. The first kappa shape index (κ1) is 15.6. The second-order valence-corrected chi connectivity index (χ2v) is 8.17. The Balaban J connectivity index is 1.95. The summed E-state index contributed by atoms with van der Waals surface area (Å²) < 4.78 is 27.3. The Morgan fingerprint density at radius 3 is 2.39 bits per heavy atom. The Morgan fingerprint density at radius 1 is 1.04 bits per heavy atom. The molecule has 0 fully saturated rings. The molecule has 23 heavy (non-hydrogen) atoms. The van der Waals surface area contributed by atoms with Gasteiger partial charge in [0.15, 0.2) is 0 Å². The summed E-state index contributed by atoms with van der Waals surface area (Å²) in [7, 11) is -3.59. The number of hydrogen-bond acceptors (Lipinski definition) is 3. The molecule has 0 radical (unpaired) electrons. The highest BCUT2D eigenvalue weighted by Gasteiger charge is 2.19. The number of hydrogen-bond donors (Lipinski definition) is 2. The summed E-state index contributed by atoms with van der Waals surface area (Å²) in [5, 5.41) is 0. The van der Waals surface area contributed by atoms with Crippen LogP contribution in [0.3, 0.4) is 0 Å². The maximum absolute atomic E-state index is 12.4. The Morgan fingerprint density at radius 2 is 1.74 bits per heavy atom. The van der Waals surface area contributed by atoms with E-state index in [0.717, 1.165) is 16.9 Å². The molecule has 0 atom stereocenters. The predicted octanol–water partition coefficient (Wildman–Crippen LogP) is 3.66. The second kappa shape index (κ2) is 5.38. The lowest BCUT2D eigenvalue weighted by Gasteiger charge is -2.13. The van der Waals surface area contributed by atoms with Gasteiger partial charge >= 0.3 is 0 Å². The molecule has 120 valence electrons. The van der Waals surface area contributed by atoms with Gasteiger partial charge in [0.25, 0.3) is 10.0 Å². The number of fused-ring (bicyclic) bond motifs is 1. The van der Waals surface area contributed by atoms with Gasteiger partial charge in [0.1, 0.15) is 5.82 Å². The Bertz CT molecular complexity index is 939. The van der Waals surface area contributed by atoms with Crippen LogP contribution in [0.1, 0.15) is 26.6 Å². The van der Waals surface area contributed by atoms with Gasteiger partial charge in [0.2, 0.25) is 0 Å². The molecule has 3 rings (SSSR count). The zero-order valence-electron chi connectivity index (χ0n) is 13.3. The fourth-order valence-electron chi connectivity index (χ4n) is 2.24. The first-order valence-corrected chi connectivity index (χ1v) is 8.82. The number of sulfonamides is 1. The van der Waals surface area contributed by atoms with E-state index in [1.807, 2.05) is 6.07 Å². The molecule has 0 amide bonds. The van der Waals surface area contributed by atoms with Gasteiger partial charge in [-0.05, 0) is 30.3 Å². The lowest BCUT2D eigenvalue weighted by atomic mass is 9.96. The van der Waals surface area contributed by atoms with Crippen molar-refractivity contribution in [1.29, 1.82) is 0 Å². The number of nitrogens with one attached hydrogen (secondary N) is 2. The Labute approximate surface area is 135 Å². The van der Waals surface area contributed by atoms with E-state index in [0.29, 0.717) is 5.69 Å². The van der Waals surface area contributed by atoms with Gasteiger partial charge in [-0.1, -0.05) is 39.0 Å². The fraction of sp³-hybridized carbons (Fsp3) is 0.235. The van der Waals surface area contributed by atoms with Crippen molar-refractivity contribution in [1.82, 2.24) is 9.97 Å². The number of anilines is 1. The van der Waals surface area contributed by atoms with E-state index in [2.05, 4.69) is 35.5 Å². The van der Waals surface area contributed by atoms with Crippen LogP contribution in [0.2, 0.25) is 0 Å². The van der Waals surface area contributed by atoms with Crippen LogP contribution in [0.25, 0.3) is 11.0 Å². The van der Waals surface area contributed by atoms with Crippen LogP contribution in [-0.4, -0.2) is 18.4 Å². The first-order valence-electron chi connectivity index (χ1n) is 7.34. The van der Waals surface area contributed by atoms with Crippen molar-refractivity contribution in [3.63, 3.8) is 0 Å². The third kappa shape index (κ3) is 3.22. The third-order valence-electron chi connectivity index (χ3n) is 3.50. The largest absolute Gasteiger partial charge is 0.341 e. The van der Waals surface area contributed by atoms with Gasteiger partial charge in [0, 0.05) is 5.41 Å². The summed E-state index contributed by atoms with van der Waals surface area (Å²) in [6.45, 7) is 6.22. The van der Waals surface area contributed by atoms with Crippen molar-refractivity contribution in [2.24, 2.45) is 0 Å². The minimum absolute atomic E-state index is 0.0945. The SMILES string of the molecule is CC(C)(C)c1nc2ccc(NS(=O)(=O)c3ccccc3)cc2[nH]1. The highest BCUT2D eigenvalue weighted by Crippen LogP contribution is 2.25. The predicted molar refractivity (Wildman–Crippen MR) is 92.0 cm³/mol. The maximum Gasteiger partial charge on any atom is 0.261 e. The average molecular weight is 329 g/mol. The monoisotopic (exact) mass is 329 g/mol. The van der Waals surface area contributed by atoms with E-state index in [1.54, 1.807) is 42.5 Å². The van der Waals surface area contributed by atoms with Crippen molar-refractivity contribution >= 4 is 26.7 Å². The van der Waals surface area contributed by atoms with E-state index in [-0.39, 0.29) is 10.3 Å². The minimum Gasteiger partial charge on any atom is -0.341 e. The molecular formula is C17H19N3O2S. The van der Waals surface area contributed by atoms with Crippen LogP contribution >= 0.6 is 0 Å². The molecule has 6 heteroatoms. The number of benzene rings is 2. The van der Waals surface area contributed by atoms with Gasteiger partial charge in [-0.2, -0.15) is 0 Å². The van der Waals surface area contributed by atoms with Gasteiger partial charge in [0.05, 0.1) is 21.6 Å². The summed E-state index contributed by atoms with van der Waals surface area (Å²) >= 11 is 0. The van der Waals surface area contributed by atoms with Gasteiger partial charge < -0.3 is 4.98 Å². The molecule has 0 bridgehead atoms. The van der Waals surface area contributed by atoms with Gasteiger partial charge in [-0.25, -0.2) is 13.4 Å².